The van der Waals surface area contributed by atoms with Crippen LogP contribution in [0.25, 0.3) is 10.9 Å². The number of benzene rings is 2. The molecule has 1 aromatic heterocycles. The monoisotopic (exact) mass is 278 g/mol. The van der Waals surface area contributed by atoms with Gasteiger partial charge in [0.2, 0.25) is 0 Å². The van der Waals surface area contributed by atoms with Crippen molar-refractivity contribution in [2.75, 3.05) is 0 Å². The summed E-state index contributed by atoms with van der Waals surface area (Å²) >= 11 is 0. The summed E-state index contributed by atoms with van der Waals surface area (Å²) in [6.07, 6.45) is 2.72. The average molecular weight is 278 g/mol. The van der Waals surface area contributed by atoms with E-state index in [1.54, 1.807) is 18.2 Å². The minimum absolute atomic E-state index is 0.0394. The zero-order valence-electron chi connectivity index (χ0n) is 11.1. The Morgan fingerprint density at radius 1 is 1.19 bits per heavy atom. The number of carbonyl (C=O) groups excluding carboxylic acids is 1. The Labute approximate surface area is 120 Å². The highest BCUT2D eigenvalue weighted by atomic mass is 19.1. The second-order valence-corrected chi connectivity index (χ2v) is 4.81. The predicted molar refractivity (Wildman–Crippen MR) is 77.5 cm³/mol. The lowest BCUT2D eigenvalue weighted by Gasteiger charge is -2.07. The van der Waals surface area contributed by atoms with Crippen molar-refractivity contribution in [3.8, 4) is 6.07 Å². The Bertz CT molecular complexity index is 874. The molecule has 0 spiro atoms. The summed E-state index contributed by atoms with van der Waals surface area (Å²) in [5, 5.41) is 9.90. The van der Waals surface area contributed by atoms with Gasteiger partial charge in [0.25, 0.3) is 0 Å². The predicted octanol–water partition coefficient (Wildman–Crippen LogP) is 3.51. The van der Waals surface area contributed by atoms with E-state index >= 15 is 0 Å². The van der Waals surface area contributed by atoms with Crippen molar-refractivity contribution in [3.05, 3.63) is 71.2 Å². The highest BCUT2D eigenvalue weighted by molar-refractivity contribution is 5.87. The lowest BCUT2D eigenvalue weighted by Crippen LogP contribution is -1.99. The molecule has 0 atom stereocenters. The summed E-state index contributed by atoms with van der Waals surface area (Å²) in [6, 6.07) is 13.8. The van der Waals surface area contributed by atoms with E-state index in [4.69, 9.17) is 5.26 Å². The molecule has 4 heteroatoms. The quantitative estimate of drug-likeness (QED) is 0.688. The molecule has 0 bridgehead atoms. The van der Waals surface area contributed by atoms with Crippen molar-refractivity contribution >= 4 is 17.2 Å². The van der Waals surface area contributed by atoms with Crippen LogP contribution in [0.2, 0.25) is 0 Å². The Balaban J connectivity index is 2.02. The van der Waals surface area contributed by atoms with Crippen LogP contribution in [0, 0.1) is 17.1 Å². The molecule has 102 valence electrons. The van der Waals surface area contributed by atoms with Crippen LogP contribution in [0.5, 0.6) is 0 Å². The van der Waals surface area contributed by atoms with E-state index in [9.17, 15) is 9.18 Å². The molecule has 0 fully saturated rings. The van der Waals surface area contributed by atoms with E-state index in [1.165, 1.54) is 6.07 Å². The van der Waals surface area contributed by atoms with E-state index in [1.807, 2.05) is 35.0 Å². The number of aromatic nitrogens is 1. The SMILES string of the molecule is N#Cc1cc(Cn2ccc3ccc(C=O)cc32)ccc1F. The Morgan fingerprint density at radius 2 is 2.05 bits per heavy atom. The maximum absolute atomic E-state index is 13.3. The van der Waals surface area contributed by atoms with Crippen LogP contribution in [0.1, 0.15) is 21.5 Å². The van der Waals surface area contributed by atoms with Gasteiger partial charge in [0.05, 0.1) is 5.56 Å². The van der Waals surface area contributed by atoms with Crippen LogP contribution < -0.4 is 0 Å². The van der Waals surface area contributed by atoms with Crippen molar-refractivity contribution in [2.24, 2.45) is 0 Å². The van der Waals surface area contributed by atoms with Crippen LogP contribution >= 0.6 is 0 Å². The molecule has 0 aliphatic heterocycles. The molecule has 0 amide bonds. The van der Waals surface area contributed by atoms with E-state index in [0.717, 1.165) is 22.8 Å². The molecule has 3 nitrogen and oxygen atoms in total. The Kier molecular flexibility index (Phi) is 3.25. The molecule has 0 saturated carbocycles. The topological polar surface area (TPSA) is 45.8 Å². The summed E-state index contributed by atoms with van der Waals surface area (Å²) in [6.45, 7) is 0.515. The number of carbonyl (C=O) groups is 1. The first kappa shape index (κ1) is 13.1. The number of hydrogen-bond donors (Lipinski definition) is 0. The molecule has 3 rings (SSSR count). The second kappa shape index (κ2) is 5.22. The van der Waals surface area contributed by atoms with Gasteiger partial charge in [0.1, 0.15) is 18.2 Å². The van der Waals surface area contributed by atoms with Crippen molar-refractivity contribution in [2.45, 2.75) is 6.54 Å². The van der Waals surface area contributed by atoms with Crippen LogP contribution in [0.3, 0.4) is 0 Å². The summed E-state index contributed by atoms with van der Waals surface area (Å²) in [5.74, 6) is -0.512. The molecule has 21 heavy (non-hydrogen) atoms. The fraction of sp³-hybridized carbons (Fsp3) is 0.0588. The molecule has 0 N–H and O–H groups in total. The van der Waals surface area contributed by atoms with Crippen LogP contribution in [-0.4, -0.2) is 10.9 Å². The molecule has 0 aliphatic carbocycles. The lowest BCUT2D eigenvalue weighted by atomic mass is 10.1. The van der Waals surface area contributed by atoms with Crippen LogP contribution in [0.15, 0.2) is 48.7 Å². The minimum atomic E-state index is -0.512. The molecule has 3 aromatic rings. The molecule has 0 radical (unpaired) electrons. The number of halogens is 1. The van der Waals surface area contributed by atoms with Crippen molar-refractivity contribution in [3.63, 3.8) is 0 Å². The zero-order chi connectivity index (χ0) is 14.8. The summed E-state index contributed by atoms with van der Waals surface area (Å²) < 4.78 is 15.3. The highest BCUT2D eigenvalue weighted by Gasteiger charge is 2.06. The van der Waals surface area contributed by atoms with Gasteiger partial charge in [0.15, 0.2) is 0 Å². The standard InChI is InChI=1S/C17H11FN2O/c18-16-4-2-12(7-15(16)9-19)10-20-6-5-14-3-1-13(11-21)8-17(14)20/h1-8,11H,10H2. The largest absolute Gasteiger partial charge is 0.343 e. The minimum Gasteiger partial charge on any atom is -0.343 e. The van der Waals surface area contributed by atoms with Gasteiger partial charge in [-0.25, -0.2) is 4.39 Å². The van der Waals surface area contributed by atoms with Gasteiger partial charge in [-0.2, -0.15) is 5.26 Å². The van der Waals surface area contributed by atoms with E-state index in [0.29, 0.717) is 12.1 Å². The molecule has 0 aliphatic rings. The number of hydrogen-bond acceptors (Lipinski definition) is 2. The number of nitrogens with zero attached hydrogens (tertiary/aromatic N) is 2. The summed E-state index contributed by atoms with van der Waals surface area (Å²) in [4.78, 5) is 10.9. The molecule has 2 aromatic carbocycles. The third-order valence-corrected chi connectivity index (χ3v) is 3.44. The number of rotatable bonds is 3. The first-order chi connectivity index (χ1) is 10.2. The fourth-order valence-electron chi connectivity index (χ4n) is 2.37. The van der Waals surface area contributed by atoms with Gasteiger partial charge in [-0.15, -0.1) is 0 Å². The average Bonchev–Trinajstić information content (AvgIpc) is 2.91. The zero-order valence-corrected chi connectivity index (χ0v) is 11.1. The lowest BCUT2D eigenvalue weighted by molar-refractivity contribution is 0.112. The third kappa shape index (κ3) is 2.41. The fourth-order valence-corrected chi connectivity index (χ4v) is 2.37. The van der Waals surface area contributed by atoms with Crippen molar-refractivity contribution < 1.29 is 9.18 Å². The van der Waals surface area contributed by atoms with Gasteiger partial charge >= 0.3 is 0 Å². The highest BCUT2D eigenvalue weighted by Crippen LogP contribution is 2.19. The van der Waals surface area contributed by atoms with Gasteiger partial charge < -0.3 is 4.57 Å². The normalized spacial score (nSPS) is 10.5. The summed E-state index contributed by atoms with van der Waals surface area (Å²) in [7, 11) is 0. The Morgan fingerprint density at radius 3 is 2.81 bits per heavy atom. The molecular formula is C17H11FN2O. The maximum Gasteiger partial charge on any atom is 0.150 e. The second-order valence-electron chi connectivity index (χ2n) is 4.81. The number of aldehydes is 1. The van der Waals surface area contributed by atoms with E-state index in [-0.39, 0.29) is 5.56 Å². The Hall–Kier alpha value is -2.93. The molecule has 0 saturated heterocycles. The van der Waals surface area contributed by atoms with Gasteiger partial charge in [0, 0.05) is 23.8 Å². The number of nitriles is 1. The molecule has 0 unspecified atom stereocenters. The smallest absolute Gasteiger partial charge is 0.150 e. The van der Waals surface area contributed by atoms with Gasteiger partial charge in [-0.1, -0.05) is 18.2 Å². The molecular weight excluding hydrogens is 267 g/mol. The van der Waals surface area contributed by atoms with Crippen LogP contribution in [-0.2, 0) is 6.54 Å². The number of fused-ring (bicyclic) bond motifs is 1. The van der Waals surface area contributed by atoms with E-state index < -0.39 is 5.82 Å². The molecule has 1 heterocycles. The van der Waals surface area contributed by atoms with E-state index in [2.05, 4.69) is 0 Å². The first-order valence-corrected chi connectivity index (χ1v) is 6.44. The maximum atomic E-state index is 13.3. The van der Waals surface area contributed by atoms with Crippen molar-refractivity contribution in [1.82, 2.24) is 4.57 Å². The van der Waals surface area contributed by atoms with Gasteiger partial charge in [-0.3, -0.25) is 4.79 Å². The first-order valence-electron chi connectivity index (χ1n) is 6.44. The van der Waals surface area contributed by atoms with Gasteiger partial charge in [-0.05, 0) is 35.2 Å². The third-order valence-electron chi connectivity index (χ3n) is 3.44. The summed E-state index contributed by atoms with van der Waals surface area (Å²) in [5.41, 5.74) is 2.42. The van der Waals surface area contributed by atoms with Crippen molar-refractivity contribution in [1.29, 1.82) is 5.26 Å². The van der Waals surface area contributed by atoms with Crippen LogP contribution in [0.4, 0.5) is 4.39 Å².